The molecule has 2 unspecified atom stereocenters. The quantitative estimate of drug-likeness (QED) is 0.317. The molecule has 1 saturated heterocycles. The minimum atomic E-state index is -1.28. The van der Waals surface area contributed by atoms with Gasteiger partial charge in [-0.1, -0.05) is 11.8 Å². The highest BCUT2D eigenvalue weighted by Crippen LogP contribution is 2.33. The molecule has 3 rings (SSSR count). The summed E-state index contributed by atoms with van der Waals surface area (Å²) >= 11 is 0. The van der Waals surface area contributed by atoms with Crippen LogP contribution in [-0.2, 0) is 4.79 Å². The minimum absolute atomic E-state index is 0.283. The van der Waals surface area contributed by atoms with Gasteiger partial charge in [0, 0.05) is 36.2 Å². The Hall–Kier alpha value is -2.91. The van der Waals surface area contributed by atoms with E-state index in [2.05, 4.69) is 33.9 Å². The Labute approximate surface area is 181 Å². The third-order valence-corrected chi connectivity index (χ3v) is 5.65. The molecule has 7 nitrogen and oxygen atoms in total. The van der Waals surface area contributed by atoms with Crippen LogP contribution < -0.4 is 10.8 Å². The molecule has 0 bridgehead atoms. The fraction of sp³-hybridized carbons (Fsp3) is 0.478. The molecule has 1 saturated carbocycles. The molecule has 3 atom stereocenters. The van der Waals surface area contributed by atoms with E-state index in [0.717, 1.165) is 19.4 Å². The van der Waals surface area contributed by atoms with Crippen LogP contribution in [0.25, 0.3) is 0 Å². The van der Waals surface area contributed by atoms with Crippen LogP contribution in [-0.4, -0.2) is 64.5 Å². The summed E-state index contributed by atoms with van der Waals surface area (Å²) in [6, 6.07) is 5.59. The zero-order valence-corrected chi connectivity index (χ0v) is 17.3. The smallest absolute Gasteiger partial charge is 0.268 e. The summed E-state index contributed by atoms with van der Waals surface area (Å²) in [7, 11) is 0. The molecule has 2 fully saturated rings. The predicted molar refractivity (Wildman–Crippen MR) is 112 cm³/mol. The van der Waals surface area contributed by atoms with Crippen molar-refractivity contribution in [1.82, 2.24) is 15.7 Å². The van der Waals surface area contributed by atoms with E-state index in [4.69, 9.17) is 5.21 Å². The van der Waals surface area contributed by atoms with Crippen LogP contribution in [0.2, 0.25) is 0 Å². The van der Waals surface area contributed by atoms with E-state index in [9.17, 15) is 19.1 Å². The average molecular weight is 427 g/mol. The van der Waals surface area contributed by atoms with Gasteiger partial charge in [0.1, 0.15) is 12.2 Å². The Morgan fingerprint density at radius 1 is 1.23 bits per heavy atom. The normalized spacial score (nSPS) is 24.5. The number of halogens is 1. The minimum Gasteiger partial charge on any atom is -0.391 e. The van der Waals surface area contributed by atoms with E-state index in [1.165, 1.54) is 12.4 Å². The molecule has 1 aromatic carbocycles. The van der Waals surface area contributed by atoms with Gasteiger partial charge < -0.3 is 10.4 Å². The highest BCUT2D eigenvalue weighted by atomic mass is 19.1. The Bertz CT molecular complexity index is 920. The molecular formula is C23H26FN3O4. The lowest BCUT2D eigenvalue weighted by molar-refractivity contribution is -0.133. The number of aliphatic hydroxyl groups excluding tert-OH is 1. The fourth-order valence-electron chi connectivity index (χ4n) is 3.72. The molecule has 2 aliphatic rings. The molecule has 1 aliphatic heterocycles. The number of hydrogen-bond acceptors (Lipinski definition) is 5. The predicted octanol–water partition coefficient (Wildman–Crippen LogP) is 0.849. The van der Waals surface area contributed by atoms with Crippen LogP contribution in [0.5, 0.6) is 0 Å². The standard InChI is InChI=1S/C23H26FN3O4/c1-15(28)21(23(30)26-31)25-22(29)18-8-6-16(7-9-18)4-2-3-5-17-12-20(13-17)27-11-10-19(24)14-27/h6-9,15,17,19-21,28,31H,10-14H2,1H3,(H,25,29)(H,26,30)/t15-,17?,19?,20?,21?/m1/s1. The van der Waals surface area contributed by atoms with Crippen molar-refractivity contribution in [2.45, 2.75) is 50.5 Å². The van der Waals surface area contributed by atoms with Gasteiger partial charge in [-0.3, -0.25) is 19.7 Å². The number of benzene rings is 1. The van der Waals surface area contributed by atoms with Crippen LogP contribution in [0.3, 0.4) is 0 Å². The lowest BCUT2D eigenvalue weighted by atomic mass is 9.80. The summed E-state index contributed by atoms with van der Waals surface area (Å²) in [6.45, 7) is 2.72. The molecule has 1 aliphatic carbocycles. The first-order valence-corrected chi connectivity index (χ1v) is 10.3. The van der Waals surface area contributed by atoms with Crippen LogP contribution in [0.1, 0.15) is 42.1 Å². The second-order valence-electron chi connectivity index (χ2n) is 7.97. The van der Waals surface area contributed by atoms with E-state index in [1.54, 1.807) is 24.3 Å². The Balaban J connectivity index is 1.48. The van der Waals surface area contributed by atoms with Gasteiger partial charge >= 0.3 is 0 Å². The van der Waals surface area contributed by atoms with Crippen molar-refractivity contribution in [3.63, 3.8) is 0 Å². The van der Waals surface area contributed by atoms with Crippen molar-refractivity contribution >= 4 is 11.8 Å². The van der Waals surface area contributed by atoms with Crippen molar-refractivity contribution < 1.29 is 24.3 Å². The molecule has 1 aromatic rings. The summed E-state index contributed by atoms with van der Waals surface area (Å²) in [4.78, 5) is 26.0. The number of likely N-dealkylation sites (tertiary alicyclic amines) is 1. The van der Waals surface area contributed by atoms with Crippen LogP contribution in [0.15, 0.2) is 24.3 Å². The van der Waals surface area contributed by atoms with Gasteiger partial charge in [-0.05, 0) is 62.3 Å². The van der Waals surface area contributed by atoms with Crippen molar-refractivity contribution in [3.8, 4) is 23.7 Å². The van der Waals surface area contributed by atoms with E-state index < -0.39 is 30.1 Å². The zero-order chi connectivity index (χ0) is 22.4. The Morgan fingerprint density at radius 2 is 1.94 bits per heavy atom. The molecule has 31 heavy (non-hydrogen) atoms. The highest BCUT2D eigenvalue weighted by Gasteiger charge is 2.36. The van der Waals surface area contributed by atoms with Crippen LogP contribution >= 0.6 is 0 Å². The number of carbonyl (C=O) groups excluding carboxylic acids is 2. The number of rotatable bonds is 5. The van der Waals surface area contributed by atoms with Gasteiger partial charge in [0.25, 0.3) is 11.8 Å². The monoisotopic (exact) mass is 427 g/mol. The van der Waals surface area contributed by atoms with E-state index in [0.29, 0.717) is 30.5 Å². The van der Waals surface area contributed by atoms with E-state index in [1.807, 2.05) is 0 Å². The number of nitrogens with zero attached hydrogens (tertiary/aromatic N) is 1. The van der Waals surface area contributed by atoms with Crippen molar-refractivity contribution in [2.24, 2.45) is 5.92 Å². The van der Waals surface area contributed by atoms with Gasteiger partial charge in [0.15, 0.2) is 0 Å². The van der Waals surface area contributed by atoms with Crippen molar-refractivity contribution in [2.75, 3.05) is 13.1 Å². The first-order valence-electron chi connectivity index (χ1n) is 10.3. The molecule has 2 amide bonds. The fourth-order valence-corrected chi connectivity index (χ4v) is 3.72. The van der Waals surface area contributed by atoms with Gasteiger partial charge in [0.2, 0.25) is 0 Å². The van der Waals surface area contributed by atoms with E-state index in [-0.39, 0.29) is 5.56 Å². The Morgan fingerprint density at radius 3 is 2.52 bits per heavy atom. The maximum absolute atomic E-state index is 13.3. The zero-order valence-electron chi connectivity index (χ0n) is 17.3. The molecule has 0 radical (unpaired) electrons. The first kappa shape index (κ1) is 22.8. The number of nitrogens with one attached hydrogen (secondary N) is 2. The number of alkyl halides is 1. The summed E-state index contributed by atoms with van der Waals surface area (Å²) in [5.74, 6) is 10.6. The summed E-state index contributed by atoms with van der Waals surface area (Å²) < 4.78 is 13.3. The summed E-state index contributed by atoms with van der Waals surface area (Å²) in [5, 5.41) is 20.6. The third-order valence-electron chi connectivity index (χ3n) is 5.65. The van der Waals surface area contributed by atoms with Crippen molar-refractivity contribution in [3.05, 3.63) is 35.4 Å². The lowest BCUT2D eigenvalue weighted by Crippen LogP contribution is -2.51. The summed E-state index contributed by atoms with van der Waals surface area (Å²) in [6.07, 6.45) is 0.701. The topological polar surface area (TPSA) is 102 Å². The average Bonchev–Trinajstić information content (AvgIpc) is 3.15. The van der Waals surface area contributed by atoms with Crippen LogP contribution in [0, 0.1) is 29.6 Å². The Kier molecular flexibility index (Phi) is 7.64. The largest absolute Gasteiger partial charge is 0.391 e. The molecular weight excluding hydrogens is 401 g/mol. The molecule has 8 heteroatoms. The molecule has 0 spiro atoms. The van der Waals surface area contributed by atoms with Gasteiger partial charge in [-0.2, -0.15) is 0 Å². The van der Waals surface area contributed by atoms with Gasteiger partial charge in [-0.25, -0.2) is 9.87 Å². The molecule has 0 aromatic heterocycles. The highest BCUT2D eigenvalue weighted by molar-refractivity contribution is 5.97. The second kappa shape index (κ2) is 10.4. The second-order valence-corrected chi connectivity index (χ2v) is 7.97. The molecule has 164 valence electrons. The molecule has 4 N–H and O–H groups in total. The number of aliphatic hydroxyl groups is 1. The molecule has 1 heterocycles. The summed E-state index contributed by atoms with van der Waals surface area (Å²) in [5.41, 5.74) is 2.38. The number of hydroxylamine groups is 1. The number of hydrogen-bond donors (Lipinski definition) is 4. The number of carbonyl (C=O) groups is 2. The lowest BCUT2D eigenvalue weighted by Gasteiger charge is -2.38. The first-order chi connectivity index (χ1) is 14.9. The maximum Gasteiger partial charge on any atom is 0.268 e. The SMILES string of the molecule is C[C@@H](O)C(NC(=O)c1ccc(C#CC#CC2CC(N3CCC(F)C3)C2)cc1)C(=O)NO. The van der Waals surface area contributed by atoms with Gasteiger partial charge in [-0.15, -0.1) is 0 Å². The maximum atomic E-state index is 13.3. The van der Waals surface area contributed by atoms with Crippen molar-refractivity contribution in [1.29, 1.82) is 0 Å². The number of amides is 2. The van der Waals surface area contributed by atoms with E-state index >= 15 is 0 Å². The van der Waals surface area contributed by atoms with Gasteiger partial charge in [0.05, 0.1) is 6.10 Å². The third kappa shape index (κ3) is 6.05. The van der Waals surface area contributed by atoms with Crippen LogP contribution in [0.4, 0.5) is 4.39 Å².